The Labute approximate surface area is 82.1 Å². The number of hydrogen-bond acceptors (Lipinski definition) is 4. The maximum atomic E-state index is 5.41. The van der Waals surface area contributed by atoms with Gasteiger partial charge >= 0.3 is 0 Å². The van der Waals surface area contributed by atoms with Gasteiger partial charge < -0.3 is 10.1 Å². The molecule has 0 aliphatic carbocycles. The Hall–Kier alpha value is -0.450. The number of hydrogen-bond donors (Lipinski definition) is 1. The van der Waals surface area contributed by atoms with E-state index in [1.807, 2.05) is 5.51 Å². The first-order chi connectivity index (χ1) is 6.42. The summed E-state index contributed by atoms with van der Waals surface area (Å²) in [6.07, 6.45) is 1.07. The highest BCUT2D eigenvalue weighted by atomic mass is 32.1. The summed E-state index contributed by atoms with van der Waals surface area (Å²) in [4.78, 5) is 5.76. The number of aryl methyl sites for hydroxylation is 1. The maximum absolute atomic E-state index is 5.41. The van der Waals surface area contributed by atoms with Crippen LogP contribution in [-0.4, -0.2) is 24.7 Å². The van der Waals surface area contributed by atoms with Crippen LogP contribution in [0.5, 0.6) is 0 Å². The van der Waals surface area contributed by atoms with Crippen LogP contribution in [0.25, 0.3) is 0 Å². The van der Waals surface area contributed by atoms with Gasteiger partial charge in [-0.3, -0.25) is 0 Å². The summed E-state index contributed by atoms with van der Waals surface area (Å²) < 4.78 is 5.41. The van der Waals surface area contributed by atoms with Gasteiger partial charge in [0.05, 0.1) is 30.5 Å². The highest BCUT2D eigenvalue weighted by Gasteiger charge is 2.19. The van der Waals surface area contributed by atoms with Crippen molar-refractivity contribution in [2.24, 2.45) is 0 Å². The molecule has 3 nitrogen and oxygen atoms in total. The highest BCUT2D eigenvalue weighted by Crippen LogP contribution is 2.22. The van der Waals surface area contributed by atoms with Gasteiger partial charge in [0.2, 0.25) is 0 Å². The zero-order valence-electron chi connectivity index (χ0n) is 7.75. The third-order valence-electron chi connectivity index (χ3n) is 2.25. The zero-order chi connectivity index (χ0) is 9.10. The van der Waals surface area contributed by atoms with Crippen LogP contribution in [0.3, 0.4) is 0 Å². The third-order valence-corrected chi connectivity index (χ3v) is 3.24. The van der Waals surface area contributed by atoms with Crippen molar-refractivity contribution in [3.8, 4) is 0 Å². The van der Waals surface area contributed by atoms with Crippen LogP contribution < -0.4 is 5.32 Å². The van der Waals surface area contributed by atoms with E-state index in [2.05, 4.69) is 17.2 Å². The summed E-state index contributed by atoms with van der Waals surface area (Å²) >= 11 is 1.74. The second-order valence-corrected chi connectivity index (χ2v) is 4.04. The molecule has 0 bridgehead atoms. The molecule has 0 aromatic carbocycles. The molecule has 2 heterocycles. The number of thiazole rings is 1. The lowest BCUT2D eigenvalue weighted by Gasteiger charge is -2.23. The van der Waals surface area contributed by atoms with E-state index in [0.717, 1.165) is 26.2 Å². The van der Waals surface area contributed by atoms with Gasteiger partial charge in [-0.25, -0.2) is 4.98 Å². The number of ether oxygens (including phenoxy) is 1. The molecule has 1 atom stereocenters. The van der Waals surface area contributed by atoms with Gasteiger partial charge in [0.25, 0.3) is 0 Å². The quantitative estimate of drug-likeness (QED) is 0.779. The van der Waals surface area contributed by atoms with E-state index in [0.29, 0.717) is 6.04 Å². The summed E-state index contributed by atoms with van der Waals surface area (Å²) in [5.41, 5.74) is 3.11. The van der Waals surface area contributed by atoms with Gasteiger partial charge in [0, 0.05) is 11.4 Å². The summed E-state index contributed by atoms with van der Waals surface area (Å²) in [7, 11) is 0. The van der Waals surface area contributed by atoms with Crippen molar-refractivity contribution in [3.05, 3.63) is 16.1 Å². The van der Waals surface area contributed by atoms with Crippen molar-refractivity contribution in [2.45, 2.75) is 19.4 Å². The van der Waals surface area contributed by atoms with E-state index in [-0.39, 0.29) is 0 Å². The van der Waals surface area contributed by atoms with Gasteiger partial charge in [-0.05, 0) is 6.42 Å². The topological polar surface area (TPSA) is 34.1 Å². The average Bonchev–Trinajstić information content (AvgIpc) is 2.67. The van der Waals surface area contributed by atoms with Crippen molar-refractivity contribution in [1.82, 2.24) is 10.3 Å². The van der Waals surface area contributed by atoms with Crippen LogP contribution in [0.15, 0.2) is 5.51 Å². The van der Waals surface area contributed by atoms with Gasteiger partial charge in [-0.15, -0.1) is 11.3 Å². The molecule has 2 rings (SSSR count). The Morgan fingerprint density at radius 1 is 1.77 bits per heavy atom. The molecule has 0 saturated carbocycles. The molecule has 1 aromatic heterocycles. The first kappa shape index (κ1) is 9.12. The fraction of sp³-hybridized carbons (Fsp3) is 0.667. The largest absolute Gasteiger partial charge is 0.378 e. The Bertz CT molecular complexity index is 268. The van der Waals surface area contributed by atoms with Crippen molar-refractivity contribution < 1.29 is 4.74 Å². The van der Waals surface area contributed by atoms with Crippen LogP contribution >= 0.6 is 11.3 Å². The summed E-state index contributed by atoms with van der Waals surface area (Å²) in [6, 6.07) is 0.315. The average molecular weight is 198 g/mol. The molecule has 4 heteroatoms. The predicted octanol–water partition coefficient (Wildman–Crippen LogP) is 1.37. The molecule has 1 aromatic rings. The van der Waals surface area contributed by atoms with Gasteiger partial charge in [0.1, 0.15) is 0 Å². The second kappa shape index (κ2) is 4.17. The molecule has 72 valence electrons. The SMILES string of the molecule is CCc1scnc1C1COCCN1. The Balaban J connectivity index is 2.13. The molecule has 1 aliphatic heterocycles. The molecule has 1 fully saturated rings. The summed E-state index contributed by atoms with van der Waals surface area (Å²) in [5.74, 6) is 0. The van der Waals surface area contributed by atoms with Crippen molar-refractivity contribution in [2.75, 3.05) is 19.8 Å². The monoisotopic (exact) mass is 198 g/mol. The standard InChI is InChI=1S/C9H14N2OS/c1-2-8-9(11-6-13-8)7-5-12-4-3-10-7/h6-7,10H,2-5H2,1H3. The molecular formula is C9H14N2OS. The lowest BCUT2D eigenvalue weighted by Crippen LogP contribution is -2.35. The second-order valence-electron chi connectivity index (χ2n) is 3.10. The number of rotatable bonds is 2. The molecule has 13 heavy (non-hydrogen) atoms. The van der Waals surface area contributed by atoms with Crippen LogP contribution in [0, 0.1) is 0 Å². The lowest BCUT2D eigenvalue weighted by atomic mass is 10.1. The van der Waals surface area contributed by atoms with Gasteiger partial charge in [0.15, 0.2) is 0 Å². The maximum Gasteiger partial charge on any atom is 0.0798 e. The third kappa shape index (κ3) is 1.90. The normalized spacial score (nSPS) is 23.3. The Kier molecular flexibility index (Phi) is 2.93. The Morgan fingerprint density at radius 3 is 3.38 bits per heavy atom. The molecule has 0 spiro atoms. The van der Waals surface area contributed by atoms with Crippen molar-refractivity contribution >= 4 is 11.3 Å². The predicted molar refractivity (Wildman–Crippen MR) is 53.1 cm³/mol. The number of aromatic nitrogens is 1. The molecule has 1 saturated heterocycles. The lowest BCUT2D eigenvalue weighted by molar-refractivity contribution is 0.0755. The fourth-order valence-corrected chi connectivity index (χ4v) is 2.34. The minimum Gasteiger partial charge on any atom is -0.378 e. The van der Waals surface area contributed by atoms with Gasteiger partial charge in [-0.1, -0.05) is 6.92 Å². The zero-order valence-corrected chi connectivity index (χ0v) is 8.56. The minimum absolute atomic E-state index is 0.315. The number of morpholine rings is 1. The van der Waals surface area contributed by atoms with Gasteiger partial charge in [-0.2, -0.15) is 0 Å². The molecule has 1 aliphatic rings. The van der Waals surface area contributed by atoms with Crippen LogP contribution in [-0.2, 0) is 11.2 Å². The molecule has 0 radical (unpaired) electrons. The molecule has 1 unspecified atom stereocenters. The highest BCUT2D eigenvalue weighted by molar-refractivity contribution is 7.09. The smallest absolute Gasteiger partial charge is 0.0798 e. The number of nitrogens with one attached hydrogen (secondary N) is 1. The van der Waals surface area contributed by atoms with E-state index in [1.165, 1.54) is 10.6 Å². The first-order valence-corrected chi connectivity index (χ1v) is 5.53. The molecule has 1 N–H and O–H groups in total. The molecular weight excluding hydrogens is 184 g/mol. The molecule has 0 amide bonds. The van der Waals surface area contributed by atoms with Crippen molar-refractivity contribution in [1.29, 1.82) is 0 Å². The van der Waals surface area contributed by atoms with Crippen LogP contribution in [0.4, 0.5) is 0 Å². The van der Waals surface area contributed by atoms with E-state index in [4.69, 9.17) is 4.74 Å². The van der Waals surface area contributed by atoms with E-state index < -0.39 is 0 Å². The Morgan fingerprint density at radius 2 is 2.69 bits per heavy atom. The fourth-order valence-electron chi connectivity index (χ4n) is 1.57. The van der Waals surface area contributed by atoms with Crippen LogP contribution in [0.1, 0.15) is 23.5 Å². The van der Waals surface area contributed by atoms with E-state index in [1.54, 1.807) is 11.3 Å². The number of nitrogens with zero attached hydrogens (tertiary/aromatic N) is 1. The van der Waals surface area contributed by atoms with E-state index >= 15 is 0 Å². The summed E-state index contributed by atoms with van der Waals surface area (Å²) in [5, 5.41) is 3.42. The minimum atomic E-state index is 0.315. The van der Waals surface area contributed by atoms with Crippen LogP contribution in [0.2, 0.25) is 0 Å². The first-order valence-electron chi connectivity index (χ1n) is 4.65. The van der Waals surface area contributed by atoms with Crippen molar-refractivity contribution in [3.63, 3.8) is 0 Å². The van der Waals surface area contributed by atoms with E-state index in [9.17, 15) is 0 Å². The summed E-state index contributed by atoms with van der Waals surface area (Å²) in [6.45, 7) is 4.69.